The first-order valence-corrected chi connectivity index (χ1v) is 9.12. The van der Waals surface area contributed by atoms with Gasteiger partial charge in [0.05, 0.1) is 17.6 Å². The molecule has 2 heterocycles. The van der Waals surface area contributed by atoms with Crippen LogP contribution in [0, 0.1) is 5.92 Å². The van der Waals surface area contributed by atoms with Gasteiger partial charge < -0.3 is 10.2 Å². The molecule has 2 amide bonds. The molecule has 1 aromatic carbocycles. The molecule has 0 spiro atoms. The Morgan fingerprint density at radius 2 is 1.93 bits per heavy atom. The number of hydrogen-bond donors (Lipinski definition) is 1. The lowest BCUT2D eigenvalue weighted by molar-refractivity contribution is -0.142. The van der Waals surface area contributed by atoms with E-state index < -0.39 is 47.3 Å². The number of Topliss-reactive ketones (excluding diaryl/α,β-unsaturated/α-hetero) is 1. The maximum absolute atomic E-state index is 13.0. The van der Waals surface area contributed by atoms with E-state index in [-0.39, 0.29) is 0 Å². The Bertz CT molecular complexity index is 821. The quantitative estimate of drug-likeness (QED) is 0.633. The molecule has 0 saturated carbocycles. The van der Waals surface area contributed by atoms with Crippen LogP contribution in [0.2, 0.25) is 0 Å². The maximum Gasteiger partial charge on any atom is 0.416 e. The monoisotopic (exact) mass is 380 g/mol. The van der Waals surface area contributed by atoms with Crippen molar-refractivity contribution in [1.29, 1.82) is 0 Å². The van der Waals surface area contributed by atoms with E-state index in [1.54, 1.807) is 0 Å². The summed E-state index contributed by atoms with van der Waals surface area (Å²) < 4.78 is 39.0. The van der Waals surface area contributed by atoms with Gasteiger partial charge in [-0.1, -0.05) is 6.07 Å². The molecule has 2 aliphatic heterocycles. The Kier molecular flexibility index (Phi) is 4.24. The van der Waals surface area contributed by atoms with Gasteiger partial charge in [-0.05, 0) is 55.4 Å². The van der Waals surface area contributed by atoms with Gasteiger partial charge in [0, 0.05) is 6.54 Å². The van der Waals surface area contributed by atoms with Crippen LogP contribution in [0.5, 0.6) is 0 Å². The number of halogens is 3. The number of carbonyl (C=O) groups is 3. The van der Waals surface area contributed by atoms with Gasteiger partial charge in [0.1, 0.15) is 5.92 Å². The minimum absolute atomic E-state index is 0.430. The zero-order chi connectivity index (χ0) is 19.3. The zero-order valence-corrected chi connectivity index (χ0v) is 14.5. The Hall–Kier alpha value is -2.38. The van der Waals surface area contributed by atoms with Crippen LogP contribution in [-0.2, 0) is 27.0 Å². The SMILES string of the molecule is O=C(NC1CCc2ccc(C(F)(F)F)cc21)C1C(=O)C(=O)N2CCCCC12. The minimum Gasteiger partial charge on any atom is -0.349 e. The molecule has 0 bridgehead atoms. The third-order valence-electron chi connectivity index (χ3n) is 5.84. The third-order valence-corrected chi connectivity index (χ3v) is 5.84. The van der Waals surface area contributed by atoms with Gasteiger partial charge in [0.2, 0.25) is 11.7 Å². The van der Waals surface area contributed by atoms with E-state index in [1.165, 1.54) is 11.0 Å². The summed E-state index contributed by atoms with van der Waals surface area (Å²) in [5.74, 6) is -2.95. The molecule has 0 aromatic heterocycles. The summed E-state index contributed by atoms with van der Waals surface area (Å²) in [6, 6.07) is 2.55. The molecule has 3 aliphatic rings. The Balaban J connectivity index is 1.55. The third kappa shape index (κ3) is 3.00. The predicted molar refractivity (Wildman–Crippen MR) is 88.5 cm³/mol. The Morgan fingerprint density at radius 3 is 2.67 bits per heavy atom. The lowest BCUT2D eigenvalue weighted by Crippen LogP contribution is -2.44. The number of hydrogen-bond acceptors (Lipinski definition) is 3. The van der Waals surface area contributed by atoms with Crippen LogP contribution in [0.25, 0.3) is 0 Å². The van der Waals surface area contributed by atoms with E-state index in [9.17, 15) is 27.6 Å². The fraction of sp³-hybridized carbons (Fsp3) is 0.526. The lowest BCUT2D eigenvalue weighted by atomic mass is 9.91. The van der Waals surface area contributed by atoms with Crippen LogP contribution in [0.4, 0.5) is 13.2 Å². The number of piperidine rings is 1. The second kappa shape index (κ2) is 6.35. The highest BCUT2D eigenvalue weighted by atomic mass is 19.4. The summed E-state index contributed by atoms with van der Waals surface area (Å²) in [5.41, 5.74) is 0.449. The maximum atomic E-state index is 13.0. The van der Waals surface area contributed by atoms with Gasteiger partial charge in [-0.2, -0.15) is 13.2 Å². The van der Waals surface area contributed by atoms with E-state index in [0.29, 0.717) is 31.4 Å². The molecule has 1 N–H and O–H groups in total. The number of alkyl halides is 3. The van der Waals surface area contributed by atoms with Gasteiger partial charge in [-0.3, -0.25) is 14.4 Å². The first-order valence-electron chi connectivity index (χ1n) is 9.12. The number of nitrogens with zero attached hydrogens (tertiary/aromatic N) is 1. The van der Waals surface area contributed by atoms with Crippen molar-refractivity contribution in [2.45, 2.75) is 50.4 Å². The van der Waals surface area contributed by atoms with Crippen LogP contribution in [0.3, 0.4) is 0 Å². The van der Waals surface area contributed by atoms with E-state index in [0.717, 1.165) is 30.5 Å². The Morgan fingerprint density at radius 1 is 1.15 bits per heavy atom. The van der Waals surface area contributed by atoms with E-state index >= 15 is 0 Å². The van der Waals surface area contributed by atoms with E-state index in [1.807, 2.05) is 0 Å². The van der Waals surface area contributed by atoms with Crippen molar-refractivity contribution in [3.05, 3.63) is 34.9 Å². The van der Waals surface area contributed by atoms with Crippen molar-refractivity contribution in [3.8, 4) is 0 Å². The fourth-order valence-corrected chi connectivity index (χ4v) is 4.49. The number of aryl methyl sites for hydroxylation is 1. The number of amides is 2. The normalized spacial score (nSPS) is 27.5. The molecule has 2 saturated heterocycles. The molecule has 5 nitrogen and oxygen atoms in total. The number of carbonyl (C=O) groups excluding carboxylic acids is 3. The molecule has 1 aromatic rings. The summed E-state index contributed by atoms with van der Waals surface area (Å²) in [6.07, 6.45) is -1.18. The topological polar surface area (TPSA) is 66.5 Å². The average Bonchev–Trinajstić information content (AvgIpc) is 3.13. The number of rotatable bonds is 2. The largest absolute Gasteiger partial charge is 0.416 e. The highest BCUT2D eigenvalue weighted by Crippen LogP contribution is 2.38. The summed E-state index contributed by atoms with van der Waals surface area (Å²) in [6.45, 7) is 0.472. The zero-order valence-electron chi connectivity index (χ0n) is 14.5. The average molecular weight is 380 g/mol. The molecule has 144 valence electrons. The number of benzene rings is 1. The highest BCUT2D eigenvalue weighted by Gasteiger charge is 2.51. The van der Waals surface area contributed by atoms with Crippen molar-refractivity contribution >= 4 is 17.6 Å². The summed E-state index contributed by atoms with van der Waals surface area (Å²) in [5, 5.41) is 2.73. The minimum atomic E-state index is -4.46. The van der Waals surface area contributed by atoms with Crippen LogP contribution in [-0.4, -0.2) is 35.1 Å². The van der Waals surface area contributed by atoms with Gasteiger partial charge in [0.25, 0.3) is 5.91 Å². The molecular formula is C19H19F3N2O3. The number of fused-ring (bicyclic) bond motifs is 2. The molecule has 2 fully saturated rings. The summed E-state index contributed by atoms with van der Waals surface area (Å²) >= 11 is 0. The highest BCUT2D eigenvalue weighted by molar-refractivity contribution is 6.42. The molecule has 8 heteroatoms. The molecule has 4 rings (SSSR count). The lowest BCUT2D eigenvalue weighted by Gasteiger charge is -2.31. The fourth-order valence-electron chi connectivity index (χ4n) is 4.49. The van der Waals surface area contributed by atoms with Crippen LogP contribution >= 0.6 is 0 Å². The second-order valence-electron chi connectivity index (χ2n) is 7.41. The first kappa shape index (κ1) is 18.0. The van der Waals surface area contributed by atoms with Crippen molar-refractivity contribution in [1.82, 2.24) is 10.2 Å². The van der Waals surface area contributed by atoms with Crippen molar-refractivity contribution in [2.24, 2.45) is 5.92 Å². The van der Waals surface area contributed by atoms with Crippen LogP contribution in [0.15, 0.2) is 18.2 Å². The van der Waals surface area contributed by atoms with Crippen molar-refractivity contribution in [2.75, 3.05) is 6.54 Å². The van der Waals surface area contributed by atoms with Gasteiger partial charge >= 0.3 is 6.18 Å². The molecule has 1 aliphatic carbocycles. The second-order valence-corrected chi connectivity index (χ2v) is 7.41. The van der Waals surface area contributed by atoms with Crippen molar-refractivity contribution < 1.29 is 27.6 Å². The molecule has 3 unspecified atom stereocenters. The standard InChI is InChI=1S/C19H19F3N2O3/c20-19(21,22)11-6-4-10-5-7-13(12(10)9-11)23-17(26)15-14-3-1-2-8-24(14)18(27)16(15)25/h4,6,9,13-15H,1-3,5,7-8H2,(H,23,26). The van der Waals surface area contributed by atoms with E-state index in [2.05, 4.69) is 5.32 Å². The van der Waals surface area contributed by atoms with Crippen molar-refractivity contribution in [3.63, 3.8) is 0 Å². The first-order chi connectivity index (χ1) is 12.8. The van der Waals surface area contributed by atoms with Crippen LogP contribution in [0.1, 0.15) is 48.4 Å². The van der Waals surface area contributed by atoms with Gasteiger partial charge in [-0.25, -0.2) is 0 Å². The summed E-state index contributed by atoms with van der Waals surface area (Å²) in [7, 11) is 0. The van der Waals surface area contributed by atoms with Gasteiger partial charge in [-0.15, -0.1) is 0 Å². The van der Waals surface area contributed by atoms with Gasteiger partial charge in [0.15, 0.2) is 0 Å². The molecular weight excluding hydrogens is 361 g/mol. The summed E-state index contributed by atoms with van der Waals surface area (Å²) in [4.78, 5) is 38.7. The molecule has 0 radical (unpaired) electrons. The number of nitrogens with one attached hydrogen (secondary N) is 1. The molecule has 3 atom stereocenters. The molecule has 27 heavy (non-hydrogen) atoms. The smallest absolute Gasteiger partial charge is 0.349 e. The van der Waals surface area contributed by atoms with E-state index in [4.69, 9.17) is 0 Å². The predicted octanol–water partition coefficient (Wildman–Crippen LogP) is 2.39. The van der Waals surface area contributed by atoms with Crippen LogP contribution < -0.4 is 5.32 Å². The Labute approximate surface area is 153 Å². The number of ketones is 1.